The Bertz CT molecular complexity index is 1110. The lowest BCUT2D eigenvalue weighted by Crippen LogP contribution is -2.14. The minimum absolute atomic E-state index is 0.155. The van der Waals surface area contributed by atoms with Crippen molar-refractivity contribution in [1.29, 1.82) is 0 Å². The average Bonchev–Trinajstić information content (AvgIpc) is 3.07. The molecule has 0 aliphatic heterocycles. The summed E-state index contributed by atoms with van der Waals surface area (Å²) >= 11 is 2.02. The molecule has 0 unspecified atom stereocenters. The summed E-state index contributed by atoms with van der Waals surface area (Å²) in [7, 11) is 0. The second-order valence-electron chi connectivity index (χ2n) is 4.63. The number of aryl methyl sites for hydroxylation is 2. The Kier molecular flexibility index (Phi) is 3.94. The Balaban J connectivity index is 0.000000136. The lowest BCUT2D eigenvalue weighted by atomic mass is 10.6. The summed E-state index contributed by atoms with van der Waals surface area (Å²) in [6, 6.07) is 0. The van der Waals surface area contributed by atoms with E-state index in [9.17, 15) is 9.59 Å². The number of nitrogens with zero attached hydrogens (tertiary/aromatic N) is 6. The molecule has 0 saturated heterocycles. The minimum atomic E-state index is -0.157. The van der Waals surface area contributed by atoms with E-state index in [0.29, 0.717) is 26.5 Å². The van der Waals surface area contributed by atoms with E-state index in [2.05, 4.69) is 30.1 Å². The number of imidazole rings is 2. The smallest absolute Gasteiger partial charge is 0.276 e. The first kappa shape index (κ1) is 15.3. The van der Waals surface area contributed by atoms with Crippen molar-refractivity contribution < 1.29 is 0 Å². The predicted octanol–water partition coefficient (Wildman–Crippen LogP) is 0.0566. The molecule has 0 bridgehead atoms. The van der Waals surface area contributed by atoms with Crippen molar-refractivity contribution >= 4 is 33.6 Å². The third-order valence-electron chi connectivity index (χ3n) is 2.88. The van der Waals surface area contributed by atoms with Gasteiger partial charge in [-0.2, -0.15) is 10.2 Å². The van der Waals surface area contributed by atoms with Gasteiger partial charge in [-0.3, -0.25) is 9.59 Å². The molecule has 0 saturated carbocycles. The summed E-state index contributed by atoms with van der Waals surface area (Å²) in [5, 5.41) is 8.08. The van der Waals surface area contributed by atoms with E-state index in [-0.39, 0.29) is 11.1 Å². The summed E-state index contributed by atoms with van der Waals surface area (Å²) in [5.41, 5.74) is 0.633. The van der Waals surface area contributed by atoms with Crippen LogP contribution in [0.25, 0.3) is 11.0 Å². The van der Waals surface area contributed by atoms with E-state index in [0.717, 1.165) is 0 Å². The number of halogens is 1. The Hall–Kier alpha value is -2.57. The maximum atomic E-state index is 11.3. The molecule has 4 aromatic rings. The Labute approximate surface area is 141 Å². The molecule has 0 amide bonds. The number of fused-ring (bicyclic) bond motifs is 2. The highest BCUT2D eigenvalue weighted by molar-refractivity contribution is 14.1. The van der Waals surface area contributed by atoms with Crippen LogP contribution in [0.5, 0.6) is 0 Å². The van der Waals surface area contributed by atoms with Crippen LogP contribution < -0.4 is 11.1 Å². The molecule has 10 nitrogen and oxygen atoms in total. The zero-order chi connectivity index (χ0) is 16.6. The number of hydrogen-bond acceptors (Lipinski definition) is 6. The predicted molar refractivity (Wildman–Crippen MR) is 89.4 cm³/mol. The van der Waals surface area contributed by atoms with Gasteiger partial charge in [-0.15, -0.1) is 0 Å². The largest absolute Gasteiger partial charge is 0.307 e. The monoisotopic (exact) mass is 426 g/mol. The molecular weight excluding hydrogens is 415 g/mol. The second-order valence-corrected chi connectivity index (χ2v) is 5.59. The minimum Gasteiger partial charge on any atom is -0.307 e. The van der Waals surface area contributed by atoms with Crippen molar-refractivity contribution in [2.75, 3.05) is 0 Å². The highest BCUT2D eigenvalue weighted by Gasteiger charge is 2.04. The first-order valence-corrected chi connectivity index (χ1v) is 7.53. The highest BCUT2D eigenvalue weighted by atomic mass is 127. The van der Waals surface area contributed by atoms with E-state index in [1.54, 1.807) is 13.8 Å². The molecule has 0 radical (unpaired) electrons. The summed E-state index contributed by atoms with van der Waals surface area (Å²) < 4.78 is 3.67. The van der Waals surface area contributed by atoms with Crippen molar-refractivity contribution in [1.82, 2.24) is 39.2 Å². The summed E-state index contributed by atoms with van der Waals surface area (Å²) in [6.45, 7) is 3.46. The number of nitrogens with one attached hydrogen (secondary N) is 2. The van der Waals surface area contributed by atoms with Crippen molar-refractivity contribution in [3.63, 3.8) is 0 Å². The molecule has 11 heteroatoms. The van der Waals surface area contributed by atoms with E-state index in [1.807, 2.05) is 22.6 Å². The fraction of sp³-hybridized carbons (Fsp3) is 0.167. The summed E-state index contributed by atoms with van der Waals surface area (Å²) in [6.07, 6.45) is 4.48. The van der Waals surface area contributed by atoms with Crippen LogP contribution in [0, 0.1) is 17.7 Å². The molecular formula is C12H11IN8O2. The molecule has 0 spiro atoms. The van der Waals surface area contributed by atoms with Crippen molar-refractivity contribution in [2.24, 2.45) is 0 Å². The summed E-state index contributed by atoms with van der Waals surface area (Å²) in [4.78, 5) is 35.3. The van der Waals surface area contributed by atoms with Gasteiger partial charge in [0.2, 0.25) is 0 Å². The number of H-pyrrole nitrogens is 2. The molecule has 4 rings (SSSR count). The molecule has 0 aliphatic rings. The van der Waals surface area contributed by atoms with Gasteiger partial charge in [-0.25, -0.2) is 19.0 Å². The number of aromatic nitrogens is 8. The van der Waals surface area contributed by atoms with Crippen LogP contribution in [-0.2, 0) is 0 Å². The Morgan fingerprint density at radius 2 is 1.65 bits per heavy atom. The first-order chi connectivity index (χ1) is 11.0. The van der Waals surface area contributed by atoms with Crippen LogP contribution >= 0.6 is 22.6 Å². The standard InChI is InChI=1S/C6H5IN4O.C6H6N4O/c1-3-9-5(12)4-2-8-6(7)11(4)10-3;1-4-8-6(11)5-2-7-3-10(5)9-4/h2H,1H3,(H,9,10,12);2-3H,1H3,(H,8,9,11). The van der Waals surface area contributed by atoms with Gasteiger partial charge >= 0.3 is 0 Å². The number of rotatable bonds is 0. The van der Waals surface area contributed by atoms with Crippen LogP contribution in [0.2, 0.25) is 0 Å². The van der Waals surface area contributed by atoms with Gasteiger partial charge in [0.25, 0.3) is 11.1 Å². The Morgan fingerprint density at radius 1 is 1.00 bits per heavy atom. The molecule has 4 heterocycles. The topological polar surface area (TPSA) is 126 Å². The SMILES string of the molecule is Cc1nn2c(I)ncc2c(=O)[nH]1.Cc1nn2cncc2c(=O)[nH]1. The van der Waals surface area contributed by atoms with Crippen LogP contribution in [0.15, 0.2) is 28.3 Å². The number of hydrogen-bond donors (Lipinski definition) is 2. The van der Waals surface area contributed by atoms with Gasteiger partial charge in [-0.05, 0) is 13.8 Å². The second kappa shape index (κ2) is 5.91. The molecule has 0 atom stereocenters. The van der Waals surface area contributed by atoms with E-state index in [1.165, 1.54) is 27.8 Å². The molecule has 2 N–H and O–H groups in total. The van der Waals surface area contributed by atoms with E-state index in [4.69, 9.17) is 0 Å². The Morgan fingerprint density at radius 3 is 2.39 bits per heavy atom. The molecule has 0 fully saturated rings. The lowest BCUT2D eigenvalue weighted by Gasteiger charge is -1.94. The van der Waals surface area contributed by atoms with Gasteiger partial charge in [0, 0.05) is 22.6 Å². The van der Waals surface area contributed by atoms with Crippen molar-refractivity contribution in [3.05, 3.63) is 54.9 Å². The van der Waals surface area contributed by atoms with Crippen LogP contribution in [-0.4, -0.2) is 39.2 Å². The zero-order valence-electron chi connectivity index (χ0n) is 12.1. The van der Waals surface area contributed by atoms with E-state index < -0.39 is 0 Å². The average molecular weight is 426 g/mol. The quantitative estimate of drug-likeness (QED) is 0.383. The fourth-order valence-electron chi connectivity index (χ4n) is 1.92. The zero-order valence-corrected chi connectivity index (χ0v) is 14.3. The highest BCUT2D eigenvalue weighted by Crippen LogP contribution is 2.02. The maximum absolute atomic E-state index is 11.3. The summed E-state index contributed by atoms with van der Waals surface area (Å²) in [5.74, 6) is 1.17. The van der Waals surface area contributed by atoms with Crippen LogP contribution in [0.1, 0.15) is 11.6 Å². The third-order valence-corrected chi connectivity index (χ3v) is 3.61. The molecule has 4 aromatic heterocycles. The van der Waals surface area contributed by atoms with Crippen molar-refractivity contribution in [2.45, 2.75) is 13.8 Å². The van der Waals surface area contributed by atoms with Gasteiger partial charge in [-0.1, -0.05) is 0 Å². The first-order valence-electron chi connectivity index (χ1n) is 6.45. The van der Waals surface area contributed by atoms with E-state index >= 15 is 0 Å². The van der Waals surface area contributed by atoms with Gasteiger partial charge in [0.1, 0.15) is 23.5 Å². The lowest BCUT2D eigenvalue weighted by molar-refractivity contribution is 0.817. The molecule has 0 aliphatic carbocycles. The third kappa shape index (κ3) is 2.99. The fourth-order valence-corrected chi connectivity index (χ4v) is 2.43. The van der Waals surface area contributed by atoms with Gasteiger partial charge < -0.3 is 9.97 Å². The maximum Gasteiger partial charge on any atom is 0.276 e. The molecule has 118 valence electrons. The number of aromatic amines is 2. The van der Waals surface area contributed by atoms with Crippen LogP contribution in [0.3, 0.4) is 0 Å². The van der Waals surface area contributed by atoms with Gasteiger partial charge in [0.05, 0.1) is 12.4 Å². The van der Waals surface area contributed by atoms with Gasteiger partial charge in [0.15, 0.2) is 9.35 Å². The normalized spacial score (nSPS) is 10.7. The molecule has 23 heavy (non-hydrogen) atoms. The van der Waals surface area contributed by atoms with Crippen LogP contribution in [0.4, 0.5) is 0 Å². The molecule has 0 aromatic carbocycles. The van der Waals surface area contributed by atoms with Crippen molar-refractivity contribution in [3.8, 4) is 0 Å².